The summed E-state index contributed by atoms with van der Waals surface area (Å²) in [4.78, 5) is 43.9. The maximum absolute atomic E-state index is 13.2. The van der Waals surface area contributed by atoms with E-state index in [1.54, 1.807) is 11.9 Å². The average molecular weight is 413 g/mol. The molecule has 0 unspecified atom stereocenters. The Morgan fingerprint density at radius 1 is 1.24 bits per heavy atom. The van der Waals surface area contributed by atoms with E-state index in [0.29, 0.717) is 23.6 Å². The molecular weight excluding hydrogens is 390 g/mol. The highest BCUT2D eigenvalue weighted by Crippen LogP contribution is 2.22. The molecule has 8 heteroatoms. The van der Waals surface area contributed by atoms with Gasteiger partial charge in [0.05, 0.1) is 10.9 Å². The summed E-state index contributed by atoms with van der Waals surface area (Å²) in [7, 11) is 1.71. The first-order chi connectivity index (χ1) is 13.9. The largest absolute Gasteiger partial charge is 0.478 e. The first-order valence-corrected chi connectivity index (χ1v) is 10.3. The molecule has 0 aliphatic carbocycles. The molecule has 0 radical (unpaired) electrons. The van der Waals surface area contributed by atoms with Gasteiger partial charge in [-0.25, -0.2) is 9.78 Å². The van der Waals surface area contributed by atoms with Gasteiger partial charge in [0, 0.05) is 25.4 Å². The number of nitrogens with zero attached hydrogens (tertiary/aromatic N) is 3. The maximum Gasteiger partial charge on any atom is 0.337 e. The Hall–Kier alpha value is -3.00. The minimum absolute atomic E-state index is 0.0586. The third-order valence-electron chi connectivity index (χ3n) is 4.77. The monoisotopic (exact) mass is 413 g/mol. The van der Waals surface area contributed by atoms with Crippen LogP contribution in [0.25, 0.3) is 10.2 Å². The zero-order valence-corrected chi connectivity index (χ0v) is 17.2. The lowest BCUT2D eigenvalue weighted by Gasteiger charge is -2.19. The van der Waals surface area contributed by atoms with Crippen molar-refractivity contribution in [1.29, 1.82) is 0 Å². The van der Waals surface area contributed by atoms with Crippen molar-refractivity contribution in [2.24, 2.45) is 0 Å². The zero-order valence-electron chi connectivity index (χ0n) is 16.4. The number of benzene rings is 1. The van der Waals surface area contributed by atoms with Crippen molar-refractivity contribution in [3.05, 3.63) is 63.0 Å². The fraction of sp³-hybridized carbons (Fsp3) is 0.333. The summed E-state index contributed by atoms with van der Waals surface area (Å²) in [5, 5.41) is 10.9. The van der Waals surface area contributed by atoms with Crippen molar-refractivity contribution in [3.63, 3.8) is 0 Å². The van der Waals surface area contributed by atoms with Crippen molar-refractivity contribution in [2.75, 3.05) is 13.6 Å². The van der Waals surface area contributed by atoms with Crippen molar-refractivity contribution < 1.29 is 14.7 Å². The Balaban J connectivity index is 2.07. The lowest BCUT2D eigenvalue weighted by atomic mass is 10.1. The molecule has 0 atom stereocenters. The van der Waals surface area contributed by atoms with E-state index in [0.717, 1.165) is 29.7 Å². The van der Waals surface area contributed by atoms with Crippen molar-refractivity contribution in [1.82, 2.24) is 14.5 Å². The van der Waals surface area contributed by atoms with Crippen molar-refractivity contribution in [2.45, 2.75) is 32.7 Å². The summed E-state index contributed by atoms with van der Waals surface area (Å²) in [5.74, 6) is -0.934. The van der Waals surface area contributed by atoms with E-state index in [4.69, 9.17) is 0 Å². The Bertz CT molecular complexity index is 1090. The molecule has 1 aromatic carbocycles. The van der Waals surface area contributed by atoms with E-state index in [1.165, 1.54) is 9.95 Å². The molecule has 0 saturated heterocycles. The van der Waals surface area contributed by atoms with Gasteiger partial charge in [-0.3, -0.25) is 14.2 Å². The van der Waals surface area contributed by atoms with Crippen LogP contribution in [0, 0.1) is 0 Å². The summed E-state index contributed by atoms with van der Waals surface area (Å²) in [6.07, 6.45) is 2.21. The van der Waals surface area contributed by atoms with Crippen molar-refractivity contribution in [3.8, 4) is 0 Å². The Morgan fingerprint density at radius 2 is 1.97 bits per heavy atom. The van der Waals surface area contributed by atoms with Crippen LogP contribution in [-0.4, -0.2) is 45.0 Å². The highest BCUT2D eigenvalue weighted by atomic mass is 32.1. The van der Waals surface area contributed by atoms with E-state index in [1.807, 2.05) is 37.3 Å². The van der Waals surface area contributed by atoms with Crippen LogP contribution in [0.2, 0.25) is 0 Å². The second-order valence-corrected chi connectivity index (χ2v) is 7.74. The number of thiophene rings is 1. The predicted octanol–water partition coefficient (Wildman–Crippen LogP) is 3.01. The molecule has 0 saturated carbocycles. The number of unbranched alkanes of at least 4 members (excludes halogenated alkanes) is 1. The molecule has 2 heterocycles. The van der Waals surface area contributed by atoms with Crippen LogP contribution < -0.4 is 5.56 Å². The molecule has 0 aliphatic heterocycles. The molecule has 1 N–H and O–H groups in total. The molecule has 152 valence electrons. The molecule has 3 rings (SSSR count). The van der Waals surface area contributed by atoms with E-state index in [-0.39, 0.29) is 23.4 Å². The van der Waals surface area contributed by atoms with Gasteiger partial charge in [0.25, 0.3) is 5.56 Å². The first-order valence-electron chi connectivity index (χ1n) is 9.44. The number of carboxylic acid groups (broad SMARTS) is 1. The lowest BCUT2D eigenvalue weighted by molar-refractivity contribution is -0.130. The predicted molar refractivity (Wildman–Crippen MR) is 113 cm³/mol. The molecular formula is C21H23N3O4S. The zero-order chi connectivity index (χ0) is 21.0. The summed E-state index contributed by atoms with van der Waals surface area (Å²) in [6, 6.07) is 9.54. The first kappa shape index (κ1) is 20.7. The van der Waals surface area contributed by atoms with Gasteiger partial charge < -0.3 is 10.0 Å². The fourth-order valence-corrected chi connectivity index (χ4v) is 4.00. The molecule has 3 aromatic rings. The van der Waals surface area contributed by atoms with Crippen molar-refractivity contribution >= 4 is 33.4 Å². The van der Waals surface area contributed by atoms with Gasteiger partial charge in [0.2, 0.25) is 5.91 Å². The number of carbonyl (C=O) groups excluding carboxylic acids is 1. The number of carboxylic acids is 1. The fourth-order valence-electron chi connectivity index (χ4n) is 3.08. The van der Waals surface area contributed by atoms with Gasteiger partial charge in [-0.2, -0.15) is 0 Å². The average Bonchev–Trinajstić information content (AvgIpc) is 3.14. The number of amides is 1. The number of hydrogen-bond acceptors (Lipinski definition) is 5. The van der Waals surface area contributed by atoms with Gasteiger partial charge >= 0.3 is 5.97 Å². The summed E-state index contributed by atoms with van der Waals surface area (Å²) >= 11 is 1.13. The normalized spacial score (nSPS) is 11.0. The van der Waals surface area contributed by atoms with E-state index >= 15 is 0 Å². The van der Waals surface area contributed by atoms with Crippen LogP contribution in [0.15, 0.2) is 40.5 Å². The van der Waals surface area contributed by atoms with Gasteiger partial charge in [-0.1, -0.05) is 43.7 Å². The van der Waals surface area contributed by atoms with Crippen LogP contribution >= 0.6 is 11.3 Å². The topological polar surface area (TPSA) is 92.5 Å². The number of aromatic carboxylic acids is 1. The van der Waals surface area contributed by atoms with Crippen LogP contribution in [0.4, 0.5) is 0 Å². The van der Waals surface area contributed by atoms with Crippen LogP contribution in [0.1, 0.15) is 41.5 Å². The smallest absolute Gasteiger partial charge is 0.337 e. The number of hydrogen-bond donors (Lipinski definition) is 1. The van der Waals surface area contributed by atoms with Gasteiger partial charge in [-0.15, -0.1) is 11.3 Å². The van der Waals surface area contributed by atoms with Gasteiger partial charge in [0.1, 0.15) is 17.2 Å². The van der Waals surface area contributed by atoms with E-state index < -0.39 is 11.5 Å². The number of likely N-dealkylation sites (N-methyl/N-ethyl adjacent to an activating group) is 1. The minimum atomic E-state index is -1.18. The highest BCUT2D eigenvalue weighted by Gasteiger charge is 2.21. The van der Waals surface area contributed by atoms with Crippen LogP contribution in [-0.2, 0) is 17.8 Å². The number of aromatic nitrogens is 2. The molecule has 0 fully saturated rings. The maximum atomic E-state index is 13.2. The van der Waals surface area contributed by atoms with Crippen LogP contribution in [0.5, 0.6) is 0 Å². The SMILES string of the molecule is CCCCN(C)C(=O)Cn1c(Cc2ccccc2)nc2scc(C(=O)O)c2c1=O. The van der Waals surface area contributed by atoms with E-state index in [9.17, 15) is 19.5 Å². The van der Waals surface area contributed by atoms with Gasteiger partial charge in [-0.05, 0) is 12.0 Å². The number of fused-ring (bicyclic) bond motifs is 1. The molecule has 0 aliphatic rings. The number of rotatable bonds is 8. The number of carbonyl (C=O) groups is 2. The third-order valence-corrected chi connectivity index (χ3v) is 5.65. The highest BCUT2D eigenvalue weighted by molar-refractivity contribution is 7.17. The summed E-state index contributed by atoms with van der Waals surface area (Å²) < 4.78 is 1.32. The lowest BCUT2D eigenvalue weighted by Crippen LogP contribution is -2.36. The quantitative estimate of drug-likeness (QED) is 0.613. The second kappa shape index (κ2) is 9.00. The molecule has 0 spiro atoms. The summed E-state index contributed by atoms with van der Waals surface area (Å²) in [5.41, 5.74) is 0.389. The molecule has 29 heavy (non-hydrogen) atoms. The Kier molecular flexibility index (Phi) is 6.43. The standard InChI is InChI=1S/C21H23N3O4S/c1-3-4-10-23(2)17(25)12-24-16(11-14-8-6-5-7-9-14)22-19-18(20(24)26)15(13-29-19)21(27)28/h5-9,13H,3-4,10-12H2,1-2H3,(H,27,28). The third kappa shape index (κ3) is 4.54. The Morgan fingerprint density at radius 3 is 2.62 bits per heavy atom. The molecule has 1 amide bonds. The van der Waals surface area contributed by atoms with E-state index in [2.05, 4.69) is 4.98 Å². The van der Waals surface area contributed by atoms with Gasteiger partial charge in [0.15, 0.2) is 0 Å². The molecule has 7 nitrogen and oxygen atoms in total. The Labute approximate surface area is 172 Å². The minimum Gasteiger partial charge on any atom is -0.478 e. The molecule has 0 bridgehead atoms. The second-order valence-electron chi connectivity index (χ2n) is 6.89. The molecule has 2 aromatic heterocycles. The van der Waals surface area contributed by atoms with Crippen LogP contribution in [0.3, 0.4) is 0 Å². The summed E-state index contributed by atoms with van der Waals surface area (Å²) in [6.45, 7) is 2.48.